The number of nitrogens with zero attached hydrogens (tertiary/aromatic N) is 1. The SMILES string of the molecule is FC(F)(F)c1ccccc1-c1cc(I)ncc1C(F)(F)F. The molecule has 0 saturated heterocycles. The van der Waals surface area contributed by atoms with E-state index < -0.39 is 34.6 Å². The van der Waals surface area contributed by atoms with Crippen molar-refractivity contribution in [3.8, 4) is 11.1 Å². The normalized spacial score (nSPS) is 12.5. The average molecular weight is 417 g/mol. The molecule has 1 aromatic carbocycles. The van der Waals surface area contributed by atoms with Crippen molar-refractivity contribution in [3.05, 3.63) is 51.4 Å². The molecule has 0 bridgehead atoms. The molecule has 1 nitrogen and oxygen atoms in total. The van der Waals surface area contributed by atoms with E-state index in [-0.39, 0.29) is 3.70 Å². The first-order valence-electron chi connectivity index (χ1n) is 5.50. The number of pyridine rings is 1. The molecule has 0 aliphatic heterocycles. The molecule has 0 N–H and O–H groups in total. The lowest BCUT2D eigenvalue weighted by Crippen LogP contribution is -2.12. The molecule has 0 aliphatic rings. The molecule has 21 heavy (non-hydrogen) atoms. The van der Waals surface area contributed by atoms with Gasteiger partial charge in [0.25, 0.3) is 0 Å². The Morgan fingerprint density at radius 2 is 1.38 bits per heavy atom. The van der Waals surface area contributed by atoms with E-state index in [0.29, 0.717) is 6.20 Å². The van der Waals surface area contributed by atoms with Gasteiger partial charge in [0, 0.05) is 6.20 Å². The van der Waals surface area contributed by atoms with Crippen molar-refractivity contribution in [3.63, 3.8) is 0 Å². The molecule has 0 aliphatic carbocycles. The molecule has 0 spiro atoms. The molecule has 0 fully saturated rings. The lowest BCUT2D eigenvalue weighted by molar-refractivity contribution is -0.139. The van der Waals surface area contributed by atoms with E-state index in [0.717, 1.165) is 24.3 Å². The Morgan fingerprint density at radius 1 is 0.810 bits per heavy atom. The van der Waals surface area contributed by atoms with E-state index in [1.807, 2.05) is 0 Å². The summed E-state index contributed by atoms with van der Waals surface area (Å²) in [5.41, 5.74) is -3.36. The highest BCUT2D eigenvalue weighted by atomic mass is 127. The van der Waals surface area contributed by atoms with Crippen LogP contribution in [0.3, 0.4) is 0 Å². The minimum Gasteiger partial charge on any atom is -0.250 e. The second kappa shape index (κ2) is 5.47. The second-order valence-electron chi connectivity index (χ2n) is 4.09. The van der Waals surface area contributed by atoms with E-state index in [1.54, 1.807) is 22.6 Å². The van der Waals surface area contributed by atoms with Gasteiger partial charge in [0.05, 0.1) is 11.1 Å². The Bertz CT molecular complexity index is 662. The van der Waals surface area contributed by atoms with E-state index >= 15 is 0 Å². The number of hydrogen-bond donors (Lipinski definition) is 0. The van der Waals surface area contributed by atoms with Crippen molar-refractivity contribution in [2.75, 3.05) is 0 Å². The van der Waals surface area contributed by atoms with Crippen LogP contribution in [0.2, 0.25) is 0 Å². The molecular formula is C13H6F6IN. The van der Waals surface area contributed by atoms with Gasteiger partial charge in [-0.15, -0.1) is 0 Å². The summed E-state index contributed by atoms with van der Waals surface area (Å²) < 4.78 is 78.0. The van der Waals surface area contributed by atoms with E-state index in [2.05, 4.69) is 4.98 Å². The minimum atomic E-state index is -4.79. The van der Waals surface area contributed by atoms with Gasteiger partial charge in [-0.3, -0.25) is 0 Å². The van der Waals surface area contributed by atoms with Crippen LogP contribution in [-0.4, -0.2) is 4.98 Å². The molecule has 1 aromatic heterocycles. The third-order valence-corrected chi connectivity index (χ3v) is 3.29. The van der Waals surface area contributed by atoms with Crippen molar-refractivity contribution in [1.82, 2.24) is 4.98 Å². The Morgan fingerprint density at radius 3 is 1.95 bits per heavy atom. The first kappa shape index (κ1) is 16.1. The van der Waals surface area contributed by atoms with Gasteiger partial charge in [0.1, 0.15) is 3.70 Å². The lowest BCUT2D eigenvalue weighted by Gasteiger charge is -2.17. The lowest BCUT2D eigenvalue weighted by atomic mass is 9.96. The first-order chi connectivity index (χ1) is 9.60. The molecule has 0 radical (unpaired) electrons. The maximum Gasteiger partial charge on any atom is 0.418 e. The predicted octanol–water partition coefficient (Wildman–Crippen LogP) is 5.39. The maximum absolute atomic E-state index is 13.0. The molecule has 8 heteroatoms. The zero-order valence-corrected chi connectivity index (χ0v) is 12.2. The number of rotatable bonds is 1. The van der Waals surface area contributed by atoms with Crippen LogP contribution in [-0.2, 0) is 12.4 Å². The van der Waals surface area contributed by atoms with Crippen molar-refractivity contribution >= 4 is 22.6 Å². The van der Waals surface area contributed by atoms with Crippen LogP contribution in [0.25, 0.3) is 11.1 Å². The van der Waals surface area contributed by atoms with Gasteiger partial charge in [0.15, 0.2) is 0 Å². The van der Waals surface area contributed by atoms with Crippen molar-refractivity contribution in [2.24, 2.45) is 0 Å². The van der Waals surface area contributed by atoms with E-state index in [9.17, 15) is 26.3 Å². The summed E-state index contributed by atoms with van der Waals surface area (Å²) in [5.74, 6) is 0. The smallest absolute Gasteiger partial charge is 0.250 e. The zero-order valence-electron chi connectivity index (χ0n) is 10.1. The van der Waals surface area contributed by atoms with Gasteiger partial charge >= 0.3 is 12.4 Å². The number of hydrogen-bond acceptors (Lipinski definition) is 1. The highest BCUT2D eigenvalue weighted by Gasteiger charge is 2.38. The fourth-order valence-corrected chi connectivity index (χ4v) is 2.29. The molecule has 112 valence electrons. The third kappa shape index (κ3) is 3.47. The topological polar surface area (TPSA) is 12.9 Å². The molecule has 0 atom stereocenters. The van der Waals surface area contributed by atoms with Gasteiger partial charge < -0.3 is 0 Å². The second-order valence-corrected chi connectivity index (χ2v) is 5.20. The standard InChI is InChI=1S/C13H6F6IN/c14-12(15,16)9-4-2-1-3-7(9)8-5-11(20)21-6-10(8)13(17,18)19/h1-6H. The van der Waals surface area contributed by atoms with Crippen LogP contribution >= 0.6 is 22.6 Å². The van der Waals surface area contributed by atoms with Crippen LogP contribution in [0.5, 0.6) is 0 Å². The van der Waals surface area contributed by atoms with Crippen LogP contribution in [0.1, 0.15) is 11.1 Å². The predicted molar refractivity (Wildman–Crippen MR) is 72.4 cm³/mol. The molecule has 0 amide bonds. The Kier molecular flexibility index (Phi) is 4.18. The summed E-state index contributed by atoms with van der Waals surface area (Å²) in [6.07, 6.45) is -8.98. The number of halogens is 7. The molecule has 2 aromatic rings. The molecule has 0 unspecified atom stereocenters. The van der Waals surface area contributed by atoms with Gasteiger partial charge in [-0.05, 0) is 45.9 Å². The fraction of sp³-hybridized carbons (Fsp3) is 0.154. The number of benzene rings is 1. The summed E-state index contributed by atoms with van der Waals surface area (Å²) >= 11 is 1.65. The van der Waals surface area contributed by atoms with Crippen LogP contribution < -0.4 is 0 Å². The summed E-state index contributed by atoms with van der Waals surface area (Å²) in [5, 5.41) is 0. The van der Waals surface area contributed by atoms with Gasteiger partial charge in [-0.2, -0.15) is 26.3 Å². The van der Waals surface area contributed by atoms with E-state index in [4.69, 9.17) is 0 Å². The largest absolute Gasteiger partial charge is 0.418 e. The van der Waals surface area contributed by atoms with E-state index in [1.165, 1.54) is 6.07 Å². The molecular weight excluding hydrogens is 411 g/mol. The Hall–Kier alpha value is -1.32. The first-order valence-corrected chi connectivity index (χ1v) is 6.58. The summed E-state index contributed by atoms with van der Waals surface area (Å²) in [7, 11) is 0. The van der Waals surface area contributed by atoms with Crippen LogP contribution in [0, 0.1) is 3.70 Å². The molecule has 0 saturated carbocycles. The number of alkyl halides is 6. The summed E-state index contributed by atoms with van der Waals surface area (Å²) in [4.78, 5) is 3.51. The Labute approximate surface area is 129 Å². The maximum atomic E-state index is 13.0. The van der Waals surface area contributed by atoms with Gasteiger partial charge in [-0.25, -0.2) is 4.98 Å². The highest BCUT2D eigenvalue weighted by molar-refractivity contribution is 14.1. The van der Waals surface area contributed by atoms with Crippen LogP contribution in [0.4, 0.5) is 26.3 Å². The molecule has 2 rings (SSSR count). The van der Waals surface area contributed by atoms with Crippen molar-refractivity contribution in [2.45, 2.75) is 12.4 Å². The van der Waals surface area contributed by atoms with Gasteiger partial charge in [-0.1, -0.05) is 18.2 Å². The fourth-order valence-electron chi connectivity index (χ4n) is 1.84. The molecule has 1 heterocycles. The monoisotopic (exact) mass is 417 g/mol. The van der Waals surface area contributed by atoms with Gasteiger partial charge in [0.2, 0.25) is 0 Å². The summed E-state index contributed by atoms with van der Waals surface area (Å²) in [6, 6.07) is 5.16. The average Bonchev–Trinajstić information content (AvgIpc) is 2.36. The van der Waals surface area contributed by atoms with Crippen LogP contribution in [0.15, 0.2) is 36.5 Å². The van der Waals surface area contributed by atoms with Crippen molar-refractivity contribution in [1.29, 1.82) is 0 Å². The zero-order chi connectivity index (χ0) is 15.8. The highest BCUT2D eigenvalue weighted by Crippen LogP contribution is 2.42. The number of aromatic nitrogens is 1. The quantitative estimate of drug-likeness (QED) is 0.345. The van der Waals surface area contributed by atoms with Crippen molar-refractivity contribution < 1.29 is 26.3 Å². The Balaban J connectivity index is 2.77. The summed E-state index contributed by atoms with van der Waals surface area (Å²) in [6.45, 7) is 0. The minimum absolute atomic E-state index is 0.174. The third-order valence-electron chi connectivity index (χ3n) is 2.70.